The summed E-state index contributed by atoms with van der Waals surface area (Å²) in [5, 5.41) is 10.8. The van der Waals surface area contributed by atoms with E-state index in [0.29, 0.717) is 23.3 Å². The molecular weight excluding hydrogens is 263 g/mol. The summed E-state index contributed by atoms with van der Waals surface area (Å²) in [5.74, 6) is 0.585. The van der Waals surface area contributed by atoms with Crippen LogP contribution in [-0.4, -0.2) is 21.2 Å². The molecule has 2 N–H and O–H groups in total. The number of hydrogen-bond donors (Lipinski definition) is 2. The molecule has 0 bridgehead atoms. The van der Waals surface area contributed by atoms with Crippen LogP contribution in [0, 0.1) is 12.7 Å². The molecule has 1 aliphatic rings. The van der Waals surface area contributed by atoms with Crippen LogP contribution in [0.1, 0.15) is 24.2 Å². The van der Waals surface area contributed by atoms with Crippen LogP contribution in [0.15, 0.2) is 28.3 Å². The average molecular weight is 278 g/mol. The molecule has 3 rings (SSSR count). The van der Waals surface area contributed by atoms with E-state index >= 15 is 0 Å². The zero-order chi connectivity index (χ0) is 13.2. The fourth-order valence-corrected chi connectivity index (χ4v) is 2.72. The molecule has 0 aliphatic heterocycles. The molecular formula is C13H15FN4S. The monoisotopic (exact) mass is 278 g/mol. The number of H-pyrrole nitrogens is 1. The standard InChI is InChI=1S/C13H15FN4S/c1-8-16-13(18-17-8)19-12-4-2-3-11(14)10(12)7-15-9-5-6-9/h2-4,9,15H,5-7H2,1H3,(H,16,17,18). The summed E-state index contributed by atoms with van der Waals surface area (Å²) in [6.45, 7) is 2.40. The van der Waals surface area contributed by atoms with Gasteiger partial charge in [0.1, 0.15) is 11.6 Å². The Labute approximate surface area is 115 Å². The van der Waals surface area contributed by atoms with Crippen LogP contribution in [0.3, 0.4) is 0 Å². The molecule has 0 unspecified atom stereocenters. The fourth-order valence-electron chi connectivity index (χ4n) is 1.81. The summed E-state index contributed by atoms with van der Waals surface area (Å²) in [7, 11) is 0. The Balaban J connectivity index is 1.80. The molecule has 0 radical (unpaired) electrons. The quantitative estimate of drug-likeness (QED) is 0.883. The average Bonchev–Trinajstić information content (AvgIpc) is 3.12. The highest BCUT2D eigenvalue weighted by Gasteiger charge is 2.21. The first kappa shape index (κ1) is 12.6. The van der Waals surface area contributed by atoms with E-state index in [9.17, 15) is 4.39 Å². The Hall–Kier alpha value is -1.40. The van der Waals surface area contributed by atoms with Crippen molar-refractivity contribution in [2.45, 2.75) is 42.4 Å². The van der Waals surface area contributed by atoms with E-state index in [2.05, 4.69) is 20.5 Å². The molecule has 0 spiro atoms. The first-order valence-corrected chi connectivity index (χ1v) is 7.11. The second-order valence-corrected chi connectivity index (χ2v) is 5.69. The van der Waals surface area contributed by atoms with Gasteiger partial charge in [0.15, 0.2) is 0 Å². The highest BCUT2D eigenvalue weighted by molar-refractivity contribution is 7.99. The number of halogens is 1. The summed E-state index contributed by atoms with van der Waals surface area (Å²) in [5.41, 5.74) is 0.696. The van der Waals surface area contributed by atoms with E-state index < -0.39 is 0 Å². The van der Waals surface area contributed by atoms with Gasteiger partial charge in [0, 0.05) is 23.0 Å². The minimum atomic E-state index is -0.176. The molecule has 1 aliphatic carbocycles. The van der Waals surface area contributed by atoms with Crippen molar-refractivity contribution in [3.05, 3.63) is 35.4 Å². The van der Waals surface area contributed by atoms with E-state index in [4.69, 9.17) is 0 Å². The lowest BCUT2D eigenvalue weighted by atomic mass is 10.2. The molecule has 1 aromatic heterocycles. The van der Waals surface area contributed by atoms with Crippen molar-refractivity contribution in [3.8, 4) is 0 Å². The summed E-state index contributed by atoms with van der Waals surface area (Å²) < 4.78 is 13.9. The maximum Gasteiger partial charge on any atom is 0.213 e. The molecule has 1 aromatic carbocycles. The zero-order valence-corrected chi connectivity index (χ0v) is 11.4. The maximum atomic E-state index is 13.9. The molecule has 19 heavy (non-hydrogen) atoms. The lowest BCUT2D eigenvalue weighted by molar-refractivity contribution is 0.579. The molecule has 6 heteroatoms. The van der Waals surface area contributed by atoms with Crippen molar-refractivity contribution >= 4 is 11.8 Å². The van der Waals surface area contributed by atoms with Gasteiger partial charge in [-0.15, -0.1) is 5.10 Å². The topological polar surface area (TPSA) is 53.6 Å². The normalized spacial score (nSPS) is 14.8. The van der Waals surface area contributed by atoms with Gasteiger partial charge in [-0.2, -0.15) is 0 Å². The highest BCUT2D eigenvalue weighted by Crippen LogP contribution is 2.30. The summed E-state index contributed by atoms with van der Waals surface area (Å²) in [6.07, 6.45) is 2.38. The Kier molecular flexibility index (Phi) is 3.52. The third kappa shape index (κ3) is 3.13. The van der Waals surface area contributed by atoms with Crippen molar-refractivity contribution in [1.29, 1.82) is 0 Å². The van der Waals surface area contributed by atoms with Crippen molar-refractivity contribution in [2.24, 2.45) is 0 Å². The number of benzene rings is 1. The number of aryl methyl sites for hydroxylation is 1. The third-order valence-corrected chi connectivity index (χ3v) is 3.97. The highest BCUT2D eigenvalue weighted by atomic mass is 32.2. The number of aromatic amines is 1. The third-order valence-electron chi connectivity index (χ3n) is 3.00. The van der Waals surface area contributed by atoms with Gasteiger partial charge in [-0.3, -0.25) is 5.10 Å². The Morgan fingerprint density at radius 1 is 1.47 bits per heavy atom. The SMILES string of the molecule is Cc1nc(Sc2cccc(F)c2CNC2CC2)n[nH]1. The van der Waals surface area contributed by atoms with E-state index in [0.717, 1.165) is 10.7 Å². The number of hydrogen-bond acceptors (Lipinski definition) is 4. The number of nitrogens with zero attached hydrogens (tertiary/aromatic N) is 2. The summed E-state index contributed by atoms with van der Waals surface area (Å²) >= 11 is 1.39. The van der Waals surface area contributed by atoms with Gasteiger partial charge in [-0.25, -0.2) is 9.37 Å². The van der Waals surface area contributed by atoms with Crippen molar-refractivity contribution < 1.29 is 4.39 Å². The van der Waals surface area contributed by atoms with Crippen LogP contribution in [0.25, 0.3) is 0 Å². The number of aromatic nitrogens is 3. The second-order valence-electron chi connectivity index (χ2n) is 4.68. The second kappa shape index (κ2) is 5.30. The van der Waals surface area contributed by atoms with E-state index in [1.807, 2.05) is 13.0 Å². The number of rotatable bonds is 5. The van der Waals surface area contributed by atoms with Gasteiger partial charge in [0.05, 0.1) is 0 Å². The number of nitrogens with one attached hydrogen (secondary N) is 2. The molecule has 0 atom stereocenters. The van der Waals surface area contributed by atoms with Crippen LogP contribution >= 0.6 is 11.8 Å². The molecule has 100 valence electrons. The van der Waals surface area contributed by atoms with Crippen molar-refractivity contribution in [2.75, 3.05) is 0 Å². The molecule has 1 fully saturated rings. The predicted molar refractivity (Wildman–Crippen MR) is 71.5 cm³/mol. The van der Waals surface area contributed by atoms with Crippen molar-refractivity contribution in [1.82, 2.24) is 20.5 Å². The Morgan fingerprint density at radius 3 is 3.00 bits per heavy atom. The Morgan fingerprint density at radius 2 is 2.32 bits per heavy atom. The van der Waals surface area contributed by atoms with E-state index in [-0.39, 0.29) is 5.82 Å². The minimum Gasteiger partial charge on any atom is -0.310 e. The van der Waals surface area contributed by atoms with Crippen LogP contribution in [0.2, 0.25) is 0 Å². The van der Waals surface area contributed by atoms with Gasteiger partial charge in [-0.05, 0) is 43.7 Å². The van der Waals surface area contributed by atoms with Crippen LogP contribution in [0.5, 0.6) is 0 Å². The molecule has 0 saturated heterocycles. The maximum absolute atomic E-state index is 13.9. The molecule has 4 nitrogen and oxygen atoms in total. The first-order valence-electron chi connectivity index (χ1n) is 6.30. The predicted octanol–water partition coefficient (Wildman–Crippen LogP) is 2.66. The van der Waals surface area contributed by atoms with Crippen LogP contribution < -0.4 is 5.32 Å². The molecule has 2 aromatic rings. The summed E-state index contributed by atoms with van der Waals surface area (Å²) in [6, 6.07) is 5.68. The minimum absolute atomic E-state index is 0.176. The molecule has 1 saturated carbocycles. The van der Waals surface area contributed by atoms with Gasteiger partial charge in [-0.1, -0.05) is 6.07 Å². The lowest BCUT2D eigenvalue weighted by Gasteiger charge is -2.09. The first-order chi connectivity index (χ1) is 9.22. The van der Waals surface area contributed by atoms with E-state index in [1.165, 1.54) is 30.7 Å². The van der Waals surface area contributed by atoms with E-state index in [1.54, 1.807) is 6.07 Å². The van der Waals surface area contributed by atoms with Gasteiger partial charge >= 0.3 is 0 Å². The van der Waals surface area contributed by atoms with Crippen LogP contribution in [-0.2, 0) is 6.54 Å². The fraction of sp³-hybridized carbons (Fsp3) is 0.385. The molecule has 0 amide bonds. The van der Waals surface area contributed by atoms with Crippen LogP contribution in [0.4, 0.5) is 4.39 Å². The smallest absolute Gasteiger partial charge is 0.213 e. The Bertz CT molecular complexity index is 580. The van der Waals surface area contributed by atoms with Crippen molar-refractivity contribution in [3.63, 3.8) is 0 Å². The van der Waals surface area contributed by atoms with Gasteiger partial charge in [0.25, 0.3) is 0 Å². The van der Waals surface area contributed by atoms with Gasteiger partial charge < -0.3 is 5.32 Å². The van der Waals surface area contributed by atoms with Gasteiger partial charge in [0.2, 0.25) is 5.16 Å². The zero-order valence-electron chi connectivity index (χ0n) is 10.6. The molecule has 1 heterocycles. The summed E-state index contributed by atoms with van der Waals surface area (Å²) in [4.78, 5) is 5.11. The largest absolute Gasteiger partial charge is 0.310 e. The lowest BCUT2D eigenvalue weighted by Crippen LogP contribution is -2.16.